The quantitative estimate of drug-likeness (QED) is 0.604. The van der Waals surface area contributed by atoms with Crippen LogP contribution in [0.15, 0.2) is 53.7 Å². The molecule has 0 spiro atoms. The Morgan fingerprint density at radius 3 is 2.59 bits per heavy atom. The van der Waals surface area contributed by atoms with Crippen molar-refractivity contribution in [2.24, 2.45) is 0 Å². The van der Waals surface area contributed by atoms with Crippen LogP contribution in [0.25, 0.3) is 11.4 Å². The minimum atomic E-state index is -0.0423. The van der Waals surface area contributed by atoms with Gasteiger partial charge in [0.1, 0.15) is 0 Å². The Balaban J connectivity index is 1.70. The van der Waals surface area contributed by atoms with Crippen LogP contribution in [-0.2, 0) is 11.3 Å². The highest BCUT2D eigenvalue weighted by molar-refractivity contribution is 7.99. The van der Waals surface area contributed by atoms with Gasteiger partial charge in [-0.1, -0.05) is 66.7 Å². The van der Waals surface area contributed by atoms with E-state index in [0.717, 1.165) is 40.8 Å². The fourth-order valence-corrected chi connectivity index (χ4v) is 3.66. The van der Waals surface area contributed by atoms with Crippen LogP contribution >= 0.6 is 11.8 Å². The third-order valence-electron chi connectivity index (χ3n) is 4.18. The van der Waals surface area contributed by atoms with Crippen molar-refractivity contribution in [1.82, 2.24) is 14.8 Å². The van der Waals surface area contributed by atoms with E-state index < -0.39 is 0 Å². The van der Waals surface area contributed by atoms with Gasteiger partial charge in [-0.25, -0.2) is 0 Å². The second-order valence-electron chi connectivity index (χ2n) is 6.48. The number of carbonyl (C=O) groups excluding carboxylic acids is 1. The maximum Gasteiger partial charge on any atom is 0.234 e. The van der Waals surface area contributed by atoms with Crippen LogP contribution in [0.4, 0.5) is 5.69 Å². The molecule has 0 unspecified atom stereocenters. The molecule has 3 aromatic rings. The van der Waals surface area contributed by atoms with E-state index in [-0.39, 0.29) is 5.91 Å². The number of amides is 1. The van der Waals surface area contributed by atoms with E-state index in [4.69, 9.17) is 0 Å². The van der Waals surface area contributed by atoms with Gasteiger partial charge in [0.05, 0.1) is 5.75 Å². The monoisotopic (exact) mass is 380 g/mol. The summed E-state index contributed by atoms with van der Waals surface area (Å²) in [6, 6.07) is 16.0. The molecule has 0 atom stereocenters. The normalized spacial score (nSPS) is 10.8. The van der Waals surface area contributed by atoms with E-state index in [1.54, 1.807) is 0 Å². The number of carbonyl (C=O) groups is 1. The highest BCUT2D eigenvalue weighted by Gasteiger charge is 2.15. The van der Waals surface area contributed by atoms with Crippen molar-refractivity contribution in [3.8, 4) is 11.4 Å². The summed E-state index contributed by atoms with van der Waals surface area (Å²) in [5.41, 5.74) is 4.13. The van der Waals surface area contributed by atoms with Crippen molar-refractivity contribution < 1.29 is 4.79 Å². The summed E-state index contributed by atoms with van der Waals surface area (Å²) in [4.78, 5) is 12.4. The van der Waals surface area contributed by atoms with E-state index in [9.17, 15) is 4.79 Å². The predicted molar refractivity (Wildman–Crippen MR) is 111 cm³/mol. The van der Waals surface area contributed by atoms with Gasteiger partial charge in [-0.3, -0.25) is 4.79 Å². The number of hydrogen-bond donors (Lipinski definition) is 1. The third kappa shape index (κ3) is 4.77. The summed E-state index contributed by atoms with van der Waals surface area (Å²) in [6.07, 6.45) is 0.972. The zero-order chi connectivity index (χ0) is 19.2. The fraction of sp³-hybridized carbons (Fsp3) is 0.286. The largest absolute Gasteiger partial charge is 0.325 e. The number of thioether (sulfide) groups is 1. The molecule has 0 saturated carbocycles. The summed E-state index contributed by atoms with van der Waals surface area (Å²) < 4.78 is 2.09. The van der Waals surface area contributed by atoms with Crippen LogP contribution in [0.5, 0.6) is 0 Å². The molecule has 0 radical (unpaired) electrons. The van der Waals surface area contributed by atoms with E-state index in [0.29, 0.717) is 5.75 Å². The first-order chi connectivity index (χ1) is 13.1. The van der Waals surface area contributed by atoms with E-state index in [2.05, 4.69) is 33.1 Å². The highest BCUT2D eigenvalue weighted by Crippen LogP contribution is 2.24. The molecule has 0 aliphatic carbocycles. The summed E-state index contributed by atoms with van der Waals surface area (Å²) in [5.74, 6) is 1.10. The number of rotatable bonds is 7. The maximum atomic E-state index is 12.4. The minimum absolute atomic E-state index is 0.0423. The van der Waals surface area contributed by atoms with E-state index in [1.807, 2.05) is 56.3 Å². The molecular weight excluding hydrogens is 356 g/mol. The van der Waals surface area contributed by atoms with Gasteiger partial charge in [0, 0.05) is 17.8 Å². The molecule has 2 aromatic carbocycles. The molecule has 0 fully saturated rings. The first-order valence-electron chi connectivity index (χ1n) is 9.07. The molecule has 0 saturated heterocycles. The summed E-state index contributed by atoms with van der Waals surface area (Å²) in [5, 5.41) is 12.4. The molecule has 0 bridgehead atoms. The molecule has 27 heavy (non-hydrogen) atoms. The molecule has 5 nitrogen and oxygen atoms in total. The molecule has 0 aliphatic heterocycles. The number of benzene rings is 2. The number of anilines is 1. The topological polar surface area (TPSA) is 59.8 Å². The summed E-state index contributed by atoms with van der Waals surface area (Å²) >= 11 is 1.42. The molecule has 1 N–H and O–H groups in total. The first-order valence-corrected chi connectivity index (χ1v) is 10.1. The van der Waals surface area contributed by atoms with Crippen molar-refractivity contribution in [3.05, 3.63) is 59.7 Å². The Morgan fingerprint density at radius 1 is 1.11 bits per heavy atom. The second kappa shape index (κ2) is 8.86. The third-order valence-corrected chi connectivity index (χ3v) is 5.15. The number of hydrogen-bond acceptors (Lipinski definition) is 4. The van der Waals surface area contributed by atoms with Crippen molar-refractivity contribution in [2.45, 2.75) is 38.9 Å². The lowest BCUT2D eigenvalue weighted by molar-refractivity contribution is -0.113. The van der Waals surface area contributed by atoms with Crippen LogP contribution in [-0.4, -0.2) is 26.4 Å². The van der Waals surface area contributed by atoms with Gasteiger partial charge in [0.2, 0.25) is 5.91 Å². The molecule has 0 aliphatic rings. The average molecular weight is 381 g/mol. The van der Waals surface area contributed by atoms with Crippen molar-refractivity contribution in [2.75, 3.05) is 11.1 Å². The molecule has 140 valence electrons. The lowest BCUT2D eigenvalue weighted by atomic mass is 10.1. The van der Waals surface area contributed by atoms with Gasteiger partial charge in [0.25, 0.3) is 0 Å². The lowest BCUT2D eigenvalue weighted by Gasteiger charge is -2.10. The molecule has 6 heteroatoms. The lowest BCUT2D eigenvalue weighted by Crippen LogP contribution is -2.15. The zero-order valence-electron chi connectivity index (χ0n) is 15.9. The second-order valence-corrected chi connectivity index (χ2v) is 7.42. The van der Waals surface area contributed by atoms with Crippen molar-refractivity contribution in [1.29, 1.82) is 0 Å². The Hall–Kier alpha value is -2.60. The number of aromatic nitrogens is 3. The van der Waals surface area contributed by atoms with Gasteiger partial charge in [-0.05, 0) is 31.9 Å². The van der Waals surface area contributed by atoms with E-state index >= 15 is 0 Å². The van der Waals surface area contributed by atoms with Crippen LogP contribution in [0, 0.1) is 13.8 Å². The van der Waals surface area contributed by atoms with Gasteiger partial charge in [-0.2, -0.15) is 0 Å². The number of aryl methyl sites for hydroxylation is 2. The molecular formula is C21H24N4OS. The van der Waals surface area contributed by atoms with Gasteiger partial charge in [-0.15, -0.1) is 10.2 Å². The number of nitrogens with zero attached hydrogens (tertiary/aromatic N) is 3. The van der Waals surface area contributed by atoms with Gasteiger partial charge >= 0.3 is 0 Å². The van der Waals surface area contributed by atoms with Gasteiger partial charge < -0.3 is 9.88 Å². The Labute approximate surface area is 164 Å². The Kier molecular flexibility index (Phi) is 6.29. The first kappa shape index (κ1) is 19.2. The van der Waals surface area contributed by atoms with Crippen molar-refractivity contribution >= 4 is 23.4 Å². The highest BCUT2D eigenvalue weighted by atomic mass is 32.2. The van der Waals surface area contributed by atoms with Crippen molar-refractivity contribution in [3.63, 3.8) is 0 Å². The Morgan fingerprint density at radius 2 is 1.89 bits per heavy atom. The van der Waals surface area contributed by atoms with Crippen LogP contribution in [0.3, 0.4) is 0 Å². The molecule has 1 aromatic heterocycles. The predicted octanol–water partition coefficient (Wildman–Crippen LogP) is 4.70. The minimum Gasteiger partial charge on any atom is -0.325 e. The van der Waals surface area contributed by atoms with Crippen LogP contribution in [0.2, 0.25) is 0 Å². The van der Waals surface area contributed by atoms with Crippen LogP contribution in [0.1, 0.15) is 24.5 Å². The standard InChI is InChI=1S/C21H24N4OS/c1-4-12-25-20(17-8-6-5-7-9-17)23-24-21(25)27-14-19(26)22-18-11-10-15(2)13-16(18)3/h5-11,13H,4,12,14H2,1-3H3,(H,22,26). The average Bonchev–Trinajstić information content (AvgIpc) is 3.06. The SMILES string of the molecule is CCCn1c(SCC(=O)Nc2ccc(C)cc2C)nnc1-c1ccccc1. The molecule has 1 amide bonds. The Bertz CT molecular complexity index is 921. The maximum absolute atomic E-state index is 12.4. The smallest absolute Gasteiger partial charge is 0.234 e. The van der Waals surface area contributed by atoms with Gasteiger partial charge in [0.15, 0.2) is 11.0 Å². The fourth-order valence-electron chi connectivity index (χ4n) is 2.89. The van der Waals surface area contributed by atoms with Crippen LogP contribution < -0.4 is 5.32 Å². The molecule has 1 heterocycles. The summed E-state index contributed by atoms with van der Waals surface area (Å²) in [6.45, 7) is 6.98. The molecule has 3 rings (SSSR count). The van der Waals surface area contributed by atoms with E-state index in [1.165, 1.54) is 17.3 Å². The summed E-state index contributed by atoms with van der Waals surface area (Å²) in [7, 11) is 0. The number of nitrogens with one attached hydrogen (secondary N) is 1. The zero-order valence-corrected chi connectivity index (χ0v) is 16.7.